The number of nitrogens with one attached hydrogen (secondary N) is 1. The molecule has 144 valence electrons. The number of hydrogen-bond acceptors (Lipinski definition) is 8. The van der Waals surface area contributed by atoms with Crippen LogP contribution in [0.15, 0.2) is 24.4 Å². The SMILES string of the molecule is COC(=O)c1cc(C(F)(F)F)nc2c1C(O)NC(O)N2c1cccnc1C. The Morgan fingerprint density at radius 3 is 2.67 bits per heavy atom. The van der Waals surface area contributed by atoms with E-state index in [9.17, 15) is 28.2 Å². The first-order chi connectivity index (χ1) is 12.6. The van der Waals surface area contributed by atoms with E-state index < -0.39 is 41.8 Å². The number of hydrogen-bond donors (Lipinski definition) is 3. The van der Waals surface area contributed by atoms with Crippen LogP contribution < -0.4 is 10.2 Å². The van der Waals surface area contributed by atoms with Crippen molar-refractivity contribution in [3.8, 4) is 0 Å². The van der Waals surface area contributed by atoms with Crippen LogP contribution in [-0.4, -0.2) is 39.6 Å². The van der Waals surface area contributed by atoms with Gasteiger partial charge in [0.25, 0.3) is 0 Å². The van der Waals surface area contributed by atoms with Crippen molar-refractivity contribution in [1.29, 1.82) is 0 Å². The summed E-state index contributed by atoms with van der Waals surface area (Å²) in [6.45, 7) is 1.58. The van der Waals surface area contributed by atoms with E-state index >= 15 is 0 Å². The van der Waals surface area contributed by atoms with Gasteiger partial charge in [0, 0.05) is 6.20 Å². The molecule has 11 heteroatoms. The molecule has 1 aliphatic rings. The van der Waals surface area contributed by atoms with E-state index in [2.05, 4.69) is 20.0 Å². The number of alkyl halides is 3. The molecule has 8 nitrogen and oxygen atoms in total. The van der Waals surface area contributed by atoms with Crippen molar-refractivity contribution in [1.82, 2.24) is 15.3 Å². The highest BCUT2D eigenvalue weighted by atomic mass is 19.4. The van der Waals surface area contributed by atoms with Crippen LogP contribution in [0.3, 0.4) is 0 Å². The molecule has 0 amide bonds. The van der Waals surface area contributed by atoms with E-state index in [4.69, 9.17) is 0 Å². The first-order valence-corrected chi connectivity index (χ1v) is 7.68. The molecule has 0 aromatic carbocycles. The second kappa shape index (κ2) is 6.76. The maximum absolute atomic E-state index is 13.3. The largest absolute Gasteiger partial charge is 0.465 e. The summed E-state index contributed by atoms with van der Waals surface area (Å²) in [6, 6.07) is 3.53. The van der Waals surface area contributed by atoms with Crippen LogP contribution in [-0.2, 0) is 10.9 Å². The van der Waals surface area contributed by atoms with E-state index in [-0.39, 0.29) is 11.3 Å². The number of ether oxygens (including phenoxy) is 1. The molecule has 2 aromatic rings. The number of aryl methyl sites for hydroxylation is 1. The average molecular weight is 384 g/mol. The number of rotatable bonds is 2. The zero-order valence-electron chi connectivity index (χ0n) is 14.2. The summed E-state index contributed by atoms with van der Waals surface area (Å²) in [6.07, 6.45) is -6.66. The molecule has 3 rings (SSSR count). The molecule has 2 aromatic heterocycles. The van der Waals surface area contributed by atoms with E-state index in [1.807, 2.05) is 0 Å². The standard InChI is InChI=1S/C16H15F3N4O4/c1-7-9(4-3-5-20-7)23-12-11(13(24)22-15(23)26)8(14(25)27-2)6-10(21-12)16(17,18)19/h3-6,13,15,22,24,26H,1-2H3. The molecule has 0 saturated carbocycles. The summed E-state index contributed by atoms with van der Waals surface area (Å²) in [4.78, 5) is 20.7. The summed E-state index contributed by atoms with van der Waals surface area (Å²) in [7, 11) is 1.00. The molecule has 0 spiro atoms. The van der Waals surface area contributed by atoms with Crippen LogP contribution in [0.2, 0.25) is 0 Å². The number of esters is 1. The van der Waals surface area contributed by atoms with Crippen LogP contribution >= 0.6 is 0 Å². The number of carbonyl (C=O) groups excluding carboxylic acids is 1. The number of anilines is 2. The third-order valence-electron chi connectivity index (χ3n) is 4.03. The van der Waals surface area contributed by atoms with E-state index in [1.54, 1.807) is 6.92 Å². The smallest absolute Gasteiger partial charge is 0.433 e. The second-order valence-electron chi connectivity index (χ2n) is 5.70. The summed E-state index contributed by atoms with van der Waals surface area (Å²) >= 11 is 0. The Kier molecular flexibility index (Phi) is 4.76. The van der Waals surface area contributed by atoms with E-state index in [1.165, 1.54) is 18.3 Å². The van der Waals surface area contributed by atoms with Gasteiger partial charge in [-0.3, -0.25) is 9.88 Å². The van der Waals surface area contributed by atoms with Gasteiger partial charge in [-0.15, -0.1) is 0 Å². The molecule has 0 radical (unpaired) electrons. The minimum absolute atomic E-state index is 0.244. The van der Waals surface area contributed by atoms with Gasteiger partial charge in [0.05, 0.1) is 29.6 Å². The quantitative estimate of drug-likeness (QED) is 0.670. The Bertz CT molecular complexity index is 890. The highest BCUT2D eigenvalue weighted by Gasteiger charge is 2.41. The van der Waals surface area contributed by atoms with Crippen molar-refractivity contribution >= 4 is 17.5 Å². The molecule has 3 N–H and O–H groups in total. The van der Waals surface area contributed by atoms with Crippen LogP contribution in [0.1, 0.15) is 33.5 Å². The van der Waals surface area contributed by atoms with Gasteiger partial charge in [-0.2, -0.15) is 13.2 Å². The van der Waals surface area contributed by atoms with Gasteiger partial charge in [0.2, 0.25) is 0 Å². The van der Waals surface area contributed by atoms with Crippen LogP contribution in [0.4, 0.5) is 24.7 Å². The number of halogens is 3. The molecule has 2 unspecified atom stereocenters. The van der Waals surface area contributed by atoms with Gasteiger partial charge in [-0.05, 0) is 25.1 Å². The first kappa shape index (κ1) is 19.0. The lowest BCUT2D eigenvalue weighted by Gasteiger charge is -2.38. The van der Waals surface area contributed by atoms with Gasteiger partial charge >= 0.3 is 12.1 Å². The molecule has 0 bridgehead atoms. The van der Waals surface area contributed by atoms with Crippen molar-refractivity contribution in [2.24, 2.45) is 0 Å². The Morgan fingerprint density at radius 1 is 1.37 bits per heavy atom. The van der Waals surface area contributed by atoms with Gasteiger partial charge in [0.1, 0.15) is 17.7 Å². The molecule has 3 heterocycles. The van der Waals surface area contributed by atoms with Crippen molar-refractivity contribution in [2.75, 3.05) is 12.0 Å². The third kappa shape index (κ3) is 3.31. The highest BCUT2D eigenvalue weighted by molar-refractivity contribution is 5.93. The molecule has 1 aliphatic heterocycles. The van der Waals surface area contributed by atoms with E-state index in [0.29, 0.717) is 11.8 Å². The summed E-state index contributed by atoms with van der Waals surface area (Å²) < 4.78 is 44.5. The third-order valence-corrected chi connectivity index (χ3v) is 4.03. The maximum Gasteiger partial charge on any atom is 0.433 e. The minimum atomic E-state index is -4.87. The van der Waals surface area contributed by atoms with Crippen molar-refractivity contribution in [3.05, 3.63) is 46.9 Å². The number of carbonyl (C=O) groups is 1. The first-order valence-electron chi connectivity index (χ1n) is 7.68. The molecular weight excluding hydrogens is 369 g/mol. The Hall–Kier alpha value is -2.76. The fraction of sp³-hybridized carbons (Fsp3) is 0.312. The average Bonchev–Trinajstić information content (AvgIpc) is 2.60. The van der Waals surface area contributed by atoms with Gasteiger partial charge in [-0.25, -0.2) is 15.1 Å². The fourth-order valence-electron chi connectivity index (χ4n) is 2.81. The van der Waals surface area contributed by atoms with Gasteiger partial charge in [0.15, 0.2) is 6.35 Å². The van der Waals surface area contributed by atoms with Crippen LogP contribution in [0.25, 0.3) is 0 Å². The van der Waals surface area contributed by atoms with Gasteiger partial charge < -0.3 is 14.9 Å². The zero-order valence-corrected chi connectivity index (χ0v) is 14.2. The van der Waals surface area contributed by atoms with E-state index in [0.717, 1.165) is 12.0 Å². The predicted molar refractivity (Wildman–Crippen MR) is 85.8 cm³/mol. The topological polar surface area (TPSA) is 108 Å². The number of aromatic nitrogens is 2. The van der Waals surface area contributed by atoms with Crippen molar-refractivity contribution < 1.29 is 32.9 Å². The minimum Gasteiger partial charge on any atom is -0.465 e. The highest BCUT2D eigenvalue weighted by Crippen LogP contribution is 2.41. The lowest BCUT2D eigenvalue weighted by molar-refractivity contribution is -0.141. The Labute approximate surface area is 151 Å². The monoisotopic (exact) mass is 384 g/mol. The molecule has 27 heavy (non-hydrogen) atoms. The van der Waals surface area contributed by atoms with Crippen LogP contribution in [0.5, 0.6) is 0 Å². The number of fused-ring (bicyclic) bond motifs is 1. The molecule has 0 aliphatic carbocycles. The molecule has 2 atom stereocenters. The van der Waals surface area contributed by atoms with Gasteiger partial charge in [-0.1, -0.05) is 0 Å². The number of methoxy groups -OCH3 is 1. The van der Waals surface area contributed by atoms with Crippen LogP contribution in [0, 0.1) is 6.92 Å². The lowest BCUT2D eigenvalue weighted by Crippen LogP contribution is -2.50. The molecule has 0 fully saturated rings. The zero-order chi connectivity index (χ0) is 19.9. The Morgan fingerprint density at radius 2 is 2.07 bits per heavy atom. The van der Waals surface area contributed by atoms with Crippen molar-refractivity contribution in [3.63, 3.8) is 0 Å². The predicted octanol–water partition coefficient (Wildman–Crippen LogP) is 1.60. The molecule has 0 saturated heterocycles. The Balaban J connectivity index is 2.33. The summed E-state index contributed by atoms with van der Waals surface area (Å²) in [5.74, 6) is -1.51. The number of aliphatic hydroxyl groups excluding tert-OH is 2. The normalized spacial score (nSPS) is 19.6. The summed E-state index contributed by atoms with van der Waals surface area (Å²) in [5.41, 5.74) is -1.50. The molecular formula is C16H15F3N4O4. The number of nitrogens with zero attached hydrogens (tertiary/aromatic N) is 3. The number of pyridine rings is 2. The maximum atomic E-state index is 13.3. The summed E-state index contributed by atoms with van der Waals surface area (Å²) in [5, 5.41) is 22.9. The fourth-order valence-corrected chi connectivity index (χ4v) is 2.81. The number of aliphatic hydroxyl groups is 2. The second-order valence-corrected chi connectivity index (χ2v) is 5.70. The van der Waals surface area contributed by atoms with Crippen molar-refractivity contribution in [2.45, 2.75) is 25.7 Å². The lowest BCUT2D eigenvalue weighted by atomic mass is 10.0.